The molecule has 9 aromatic rings. The van der Waals surface area contributed by atoms with Crippen molar-refractivity contribution in [1.29, 1.82) is 0 Å². The van der Waals surface area contributed by atoms with Crippen LogP contribution in [0.2, 0.25) is 0 Å². The summed E-state index contributed by atoms with van der Waals surface area (Å²) < 4.78 is 4.82. The molecule has 0 unspecified atom stereocenters. The van der Waals surface area contributed by atoms with E-state index in [1.54, 1.807) is 0 Å². The lowest BCUT2D eigenvalue weighted by Crippen LogP contribution is -2.55. The summed E-state index contributed by atoms with van der Waals surface area (Å²) >= 11 is 1.84. The number of benzene rings is 6. The van der Waals surface area contributed by atoms with Crippen LogP contribution in [0.1, 0.15) is 0 Å². The van der Waals surface area contributed by atoms with Crippen molar-refractivity contribution in [3.63, 3.8) is 0 Å². The van der Waals surface area contributed by atoms with Gasteiger partial charge in [0.1, 0.15) is 11.6 Å². The third kappa shape index (κ3) is 3.35. The van der Waals surface area contributed by atoms with Crippen molar-refractivity contribution in [2.24, 2.45) is 0 Å². The van der Waals surface area contributed by atoms with E-state index in [2.05, 4.69) is 166 Å². The summed E-state index contributed by atoms with van der Waals surface area (Å²) in [6.07, 6.45) is 0. The number of hydrogen-bond donors (Lipinski definition) is 0. The molecule has 4 nitrogen and oxygen atoms in total. The Morgan fingerprint density at radius 1 is 0.489 bits per heavy atom. The summed E-state index contributed by atoms with van der Waals surface area (Å²) in [6.45, 7) is -0.0900. The minimum Gasteiger partial charge on any atom is -0.359 e. The first-order valence-electron chi connectivity index (χ1n) is 16.0. The highest BCUT2D eigenvalue weighted by molar-refractivity contribution is 7.26. The number of hydrogen-bond acceptors (Lipinski definition) is 4. The van der Waals surface area contributed by atoms with Gasteiger partial charge < -0.3 is 9.62 Å². The topological polar surface area (TPSA) is 24.3 Å². The molecule has 11 rings (SSSR count). The number of para-hydroxylation sites is 5. The van der Waals surface area contributed by atoms with Crippen LogP contribution in [-0.2, 0) is 0 Å². The maximum Gasteiger partial charge on any atom is 0.422 e. The van der Waals surface area contributed by atoms with Gasteiger partial charge in [0.05, 0.1) is 27.1 Å². The first kappa shape index (κ1) is 25.4. The molecule has 5 heterocycles. The predicted octanol–water partition coefficient (Wildman–Crippen LogP) is 10.2. The Morgan fingerprint density at radius 2 is 1.06 bits per heavy atom. The molecule has 0 bridgehead atoms. The number of anilines is 4. The first-order valence-corrected chi connectivity index (χ1v) is 16.8. The number of rotatable bonds is 2. The lowest BCUT2D eigenvalue weighted by molar-refractivity contribution is 1.08. The number of aromatic nitrogens is 2. The molecule has 47 heavy (non-hydrogen) atoms. The quantitative estimate of drug-likeness (QED) is 0.181. The highest BCUT2D eigenvalue weighted by Gasteiger charge is 2.48. The maximum absolute atomic E-state index is 5.71. The second kappa shape index (κ2) is 9.35. The Hall–Kier alpha value is -5.85. The maximum atomic E-state index is 5.71. The van der Waals surface area contributed by atoms with Crippen molar-refractivity contribution < 1.29 is 0 Å². The minimum absolute atomic E-state index is 0.0900. The Kier molecular flexibility index (Phi) is 5.04. The molecule has 2 aliphatic heterocycles. The lowest BCUT2D eigenvalue weighted by Gasteiger charge is -2.36. The molecule has 0 spiro atoms. The van der Waals surface area contributed by atoms with Gasteiger partial charge in [-0.2, -0.15) is 0 Å². The molecule has 0 N–H and O–H groups in total. The van der Waals surface area contributed by atoms with E-state index < -0.39 is 0 Å². The van der Waals surface area contributed by atoms with Gasteiger partial charge >= 0.3 is 6.98 Å². The molecule has 0 amide bonds. The molecule has 6 aromatic carbocycles. The van der Waals surface area contributed by atoms with E-state index in [-0.39, 0.29) is 6.98 Å². The van der Waals surface area contributed by atoms with Gasteiger partial charge in [-0.15, -0.1) is 11.3 Å². The molecule has 0 atom stereocenters. The van der Waals surface area contributed by atoms with E-state index in [1.807, 2.05) is 11.3 Å². The van der Waals surface area contributed by atoms with Crippen LogP contribution < -0.4 is 15.1 Å². The number of pyridine rings is 1. The van der Waals surface area contributed by atoms with Gasteiger partial charge in [-0.3, -0.25) is 4.57 Å². The Morgan fingerprint density at radius 3 is 1.83 bits per heavy atom. The van der Waals surface area contributed by atoms with Crippen molar-refractivity contribution in [3.8, 4) is 16.9 Å². The average Bonchev–Trinajstić information content (AvgIpc) is 3.80. The Balaban J connectivity index is 1.27. The van der Waals surface area contributed by atoms with Crippen LogP contribution in [0, 0.1) is 0 Å². The minimum atomic E-state index is -0.0900. The molecule has 0 aliphatic carbocycles. The molecule has 0 radical (unpaired) electrons. The van der Waals surface area contributed by atoms with Gasteiger partial charge in [0.2, 0.25) is 0 Å². The molecular formula is C41H25BN4S. The molecule has 218 valence electrons. The zero-order valence-electron chi connectivity index (χ0n) is 25.2. The van der Waals surface area contributed by atoms with E-state index in [9.17, 15) is 0 Å². The van der Waals surface area contributed by atoms with Crippen molar-refractivity contribution in [1.82, 2.24) is 9.55 Å². The average molecular weight is 617 g/mol. The third-order valence-electron chi connectivity index (χ3n) is 9.95. The van der Waals surface area contributed by atoms with Crippen LogP contribution in [0.15, 0.2) is 152 Å². The Bertz CT molecular complexity index is 2690. The molecule has 0 saturated carbocycles. The molecule has 0 fully saturated rings. The largest absolute Gasteiger partial charge is 0.422 e. The summed E-state index contributed by atoms with van der Waals surface area (Å²) in [4.78, 5) is 10.7. The van der Waals surface area contributed by atoms with Gasteiger partial charge in [0, 0.05) is 37.5 Å². The normalized spacial score (nSPS) is 13.4. The molecule has 2 aliphatic rings. The zero-order valence-corrected chi connectivity index (χ0v) is 26.0. The van der Waals surface area contributed by atoms with Crippen LogP contribution in [-0.4, -0.2) is 16.5 Å². The van der Waals surface area contributed by atoms with Crippen molar-refractivity contribution >= 4 is 88.6 Å². The van der Waals surface area contributed by atoms with Crippen molar-refractivity contribution in [2.75, 3.05) is 9.62 Å². The predicted molar refractivity (Wildman–Crippen MR) is 199 cm³/mol. The molecule has 6 heteroatoms. The van der Waals surface area contributed by atoms with E-state index in [0.29, 0.717) is 0 Å². The van der Waals surface area contributed by atoms with E-state index in [0.717, 1.165) is 28.4 Å². The summed E-state index contributed by atoms with van der Waals surface area (Å²) in [5.74, 6) is 1.91. The second-order valence-corrected chi connectivity index (χ2v) is 13.4. The van der Waals surface area contributed by atoms with Crippen molar-refractivity contribution in [2.45, 2.75) is 0 Å². The molecule has 0 saturated heterocycles. The van der Waals surface area contributed by atoms with Crippen LogP contribution in [0.3, 0.4) is 0 Å². The Labute approximate surface area is 275 Å². The number of nitrogens with zero attached hydrogens (tertiary/aromatic N) is 4. The summed E-state index contributed by atoms with van der Waals surface area (Å²) in [5, 5.41) is 4.96. The number of fused-ring (bicyclic) bond motifs is 14. The summed E-state index contributed by atoms with van der Waals surface area (Å²) in [7, 11) is 0. The standard InChI is InChI=1S/C41H25BN4S/c1-6-18-32-26(13-1)27-14-4-9-21-35(27)45-36-22-10-11-23-37(36)46(42(32)45)41-40-31(30-17-5-12-24-38(30)47-40)25-39(43-41)44-33-19-7-2-15-28(33)29-16-3-8-20-34(29)44/h1-25H. The molecule has 3 aromatic heterocycles. The van der Waals surface area contributed by atoms with Crippen LogP contribution >= 0.6 is 11.3 Å². The fourth-order valence-electron chi connectivity index (χ4n) is 8.04. The van der Waals surface area contributed by atoms with Crippen LogP contribution in [0.5, 0.6) is 0 Å². The van der Waals surface area contributed by atoms with Gasteiger partial charge in [-0.05, 0) is 53.5 Å². The van der Waals surface area contributed by atoms with Gasteiger partial charge in [0.15, 0.2) is 0 Å². The van der Waals surface area contributed by atoms with Crippen LogP contribution in [0.25, 0.3) is 58.9 Å². The highest BCUT2D eigenvalue weighted by atomic mass is 32.1. The SMILES string of the molecule is c1ccc2c(c1)B1N(c3ccccc3-2)c2ccccc2N1c1nc(-n2c3ccccc3c3ccccc32)cc2c1sc1ccccc12. The third-order valence-corrected chi connectivity index (χ3v) is 11.1. The monoisotopic (exact) mass is 616 g/mol. The highest BCUT2D eigenvalue weighted by Crippen LogP contribution is 2.53. The van der Waals surface area contributed by atoms with Crippen LogP contribution in [0.4, 0.5) is 22.9 Å². The first-order chi connectivity index (χ1) is 23.3. The van der Waals surface area contributed by atoms with E-state index in [1.165, 1.54) is 58.9 Å². The lowest BCUT2D eigenvalue weighted by atomic mass is 9.59. The van der Waals surface area contributed by atoms with Gasteiger partial charge in [-0.25, -0.2) is 4.98 Å². The van der Waals surface area contributed by atoms with Gasteiger partial charge in [-0.1, -0.05) is 109 Å². The number of thiophene rings is 1. The summed E-state index contributed by atoms with van der Waals surface area (Å²) in [5.41, 5.74) is 9.70. The van der Waals surface area contributed by atoms with Crippen molar-refractivity contribution in [3.05, 3.63) is 152 Å². The fourth-order valence-corrected chi connectivity index (χ4v) is 9.21. The molecular weight excluding hydrogens is 591 g/mol. The fraction of sp³-hybridized carbons (Fsp3) is 0. The summed E-state index contributed by atoms with van der Waals surface area (Å²) in [6, 6.07) is 55.0. The van der Waals surface area contributed by atoms with E-state index >= 15 is 0 Å². The zero-order chi connectivity index (χ0) is 30.6. The van der Waals surface area contributed by atoms with Gasteiger partial charge in [0.25, 0.3) is 0 Å². The smallest absolute Gasteiger partial charge is 0.359 e. The van der Waals surface area contributed by atoms with E-state index in [4.69, 9.17) is 4.98 Å². The second-order valence-electron chi connectivity index (χ2n) is 12.4.